The number of hydrogen-bond acceptors (Lipinski definition) is 3. The number of benzene rings is 1. The van der Waals surface area contributed by atoms with Gasteiger partial charge in [-0.25, -0.2) is 13.9 Å². The normalized spacial score (nSPS) is 10.6. The fraction of sp³-hybridized carbons (Fsp3) is 0.0909. The first-order chi connectivity index (χ1) is 8.43. The lowest BCUT2D eigenvalue weighted by Gasteiger charge is -2.06. The fourth-order valence-corrected chi connectivity index (χ4v) is 1.85. The van der Waals surface area contributed by atoms with E-state index in [1.54, 1.807) is 6.07 Å². The van der Waals surface area contributed by atoms with Gasteiger partial charge in [0, 0.05) is 0 Å². The topological polar surface area (TPSA) is 81.1 Å². The molecule has 1 aromatic heterocycles. The van der Waals surface area contributed by atoms with E-state index in [1.807, 2.05) is 0 Å². The molecule has 0 atom stereocenters. The zero-order chi connectivity index (χ0) is 13.4. The molecule has 18 heavy (non-hydrogen) atoms. The zero-order valence-corrected chi connectivity index (χ0v) is 10.1. The molecule has 94 valence electrons. The molecule has 2 aromatic rings. The predicted molar refractivity (Wildman–Crippen MR) is 64.6 cm³/mol. The van der Waals surface area contributed by atoms with E-state index in [1.165, 1.54) is 19.1 Å². The second kappa shape index (κ2) is 4.30. The molecule has 0 fully saturated rings. The smallest absolute Gasteiger partial charge is 0.341 e. The summed E-state index contributed by atoms with van der Waals surface area (Å²) in [5.74, 6) is -2.06. The van der Waals surface area contributed by atoms with Gasteiger partial charge in [-0.05, 0) is 19.1 Å². The molecular weight excluding hydrogens is 261 g/mol. The van der Waals surface area contributed by atoms with Gasteiger partial charge in [0.25, 0.3) is 0 Å². The molecule has 0 saturated carbocycles. The summed E-state index contributed by atoms with van der Waals surface area (Å²) in [6.45, 7) is 1.49. The second-order valence-corrected chi connectivity index (χ2v) is 4.04. The molecule has 1 heterocycles. The zero-order valence-electron chi connectivity index (χ0n) is 9.32. The molecule has 2 rings (SSSR count). The largest absolute Gasteiger partial charge is 0.477 e. The monoisotopic (exact) mass is 269 g/mol. The van der Waals surface area contributed by atoms with Gasteiger partial charge in [0.1, 0.15) is 11.3 Å². The van der Waals surface area contributed by atoms with E-state index >= 15 is 0 Å². The number of hydrogen-bond donors (Lipinski definition) is 2. The Bertz CT molecular complexity index is 639. The maximum absolute atomic E-state index is 13.8. The fourth-order valence-electron chi connectivity index (χ4n) is 1.68. The van der Waals surface area contributed by atoms with E-state index in [4.69, 9.17) is 22.4 Å². The number of anilines is 1. The van der Waals surface area contributed by atoms with Crippen molar-refractivity contribution in [3.63, 3.8) is 0 Å². The molecule has 0 bridgehead atoms. The van der Waals surface area contributed by atoms with Crippen molar-refractivity contribution in [2.24, 2.45) is 0 Å². The number of aromatic nitrogens is 2. The highest BCUT2D eigenvalue weighted by molar-refractivity contribution is 6.30. The van der Waals surface area contributed by atoms with Gasteiger partial charge in [-0.1, -0.05) is 17.7 Å². The summed E-state index contributed by atoms with van der Waals surface area (Å²) in [5.41, 5.74) is 5.65. The lowest BCUT2D eigenvalue weighted by Crippen LogP contribution is -2.04. The minimum absolute atomic E-state index is 0.0548. The van der Waals surface area contributed by atoms with Crippen LogP contribution in [0.4, 0.5) is 10.2 Å². The highest BCUT2D eigenvalue weighted by atomic mass is 35.5. The van der Waals surface area contributed by atoms with Gasteiger partial charge in [-0.2, -0.15) is 0 Å². The quantitative estimate of drug-likeness (QED) is 0.876. The van der Waals surface area contributed by atoms with Gasteiger partial charge in [0.15, 0.2) is 11.6 Å². The van der Waals surface area contributed by atoms with Gasteiger partial charge in [-0.15, -0.1) is 5.10 Å². The van der Waals surface area contributed by atoms with Gasteiger partial charge < -0.3 is 10.8 Å². The Labute approximate surface area is 107 Å². The summed E-state index contributed by atoms with van der Waals surface area (Å²) in [7, 11) is 0. The van der Waals surface area contributed by atoms with Crippen LogP contribution >= 0.6 is 11.6 Å². The highest BCUT2D eigenvalue weighted by Crippen LogP contribution is 2.25. The summed E-state index contributed by atoms with van der Waals surface area (Å²) in [6.07, 6.45) is 0. The number of carbonyl (C=O) groups is 1. The molecular formula is C11H9ClFN3O2. The minimum Gasteiger partial charge on any atom is -0.477 e. The van der Waals surface area contributed by atoms with Crippen molar-refractivity contribution in [2.45, 2.75) is 6.92 Å². The number of carboxylic acid groups (broad SMARTS) is 1. The lowest BCUT2D eigenvalue weighted by atomic mass is 10.2. The van der Waals surface area contributed by atoms with E-state index in [-0.39, 0.29) is 27.8 Å². The standard InChI is InChI=1S/C11H9ClFN3O2/c1-5-8(11(17)18)10(14)15-16(5)7-4-2-3-6(12)9(7)13/h2-4H,1H3,(H2,14,15)(H,17,18). The second-order valence-electron chi connectivity index (χ2n) is 3.64. The van der Waals surface area contributed by atoms with Crippen LogP contribution in [-0.2, 0) is 0 Å². The van der Waals surface area contributed by atoms with Crippen molar-refractivity contribution < 1.29 is 14.3 Å². The van der Waals surface area contributed by atoms with Crippen molar-refractivity contribution >= 4 is 23.4 Å². The molecule has 0 spiro atoms. The van der Waals surface area contributed by atoms with Crippen LogP contribution in [-0.4, -0.2) is 20.9 Å². The van der Waals surface area contributed by atoms with E-state index in [2.05, 4.69) is 5.10 Å². The third kappa shape index (κ3) is 1.80. The maximum Gasteiger partial charge on any atom is 0.341 e. The van der Waals surface area contributed by atoms with Crippen molar-refractivity contribution in [1.29, 1.82) is 0 Å². The summed E-state index contributed by atoms with van der Waals surface area (Å²) in [5, 5.41) is 12.7. The molecule has 0 aliphatic heterocycles. The van der Waals surface area contributed by atoms with Crippen LogP contribution in [0.15, 0.2) is 18.2 Å². The Kier molecular flexibility index (Phi) is 2.96. The summed E-state index contributed by atoms with van der Waals surface area (Å²) in [6, 6.07) is 4.37. The van der Waals surface area contributed by atoms with Gasteiger partial charge in [-0.3, -0.25) is 0 Å². The Morgan fingerprint density at radius 2 is 2.22 bits per heavy atom. The van der Waals surface area contributed by atoms with Gasteiger partial charge >= 0.3 is 5.97 Å². The minimum atomic E-state index is -1.21. The highest BCUT2D eigenvalue weighted by Gasteiger charge is 2.21. The van der Waals surface area contributed by atoms with Crippen molar-refractivity contribution in [3.8, 4) is 5.69 Å². The third-order valence-corrected chi connectivity index (χ3v) is 2.81. The molecule has 7 heteroatoms. The number of nitrogen functional groups attached to an aromatic ring is 1. The van der Waals surface area contributed by atoms with Crippen LogP contribution in [0, 0.1) is 12.7 Å². The number of halogens is 2. The number of carboxylic acids is 1. The van der Waals surface area contributed by atoms with Crippen LogP contribution < -0.4 is 5.73 Å². The SMILES string of the molecule is Cc1c(C(=O)O)c(N)nn1-c1cccc(Cl)c1F. The number of aromatic carboxylic acids is 1. The molecule has 5 nitrogen and oxygen atoms in total. The van der Waals surface area contributed by atoms with Crippen molar-refractivity contribution in [2.75, 3.05) is 5.73 Å². The first-order valence-electron chi connectivity index (χ1n) is 4.96. The van der Waals surface area contributed by atoms with Crippen molar-refractivity contribution in [3.05, 3.63) is 40.3 Å². The summed E-state index contributed by atoms with van der Waals surface area (Å²) in [4.78, 5) is 11.0. The van der Waals surface area contributed by atoms with Gasteiger partial charge in [0.05, 0.1) is 10.7 Å². The van der Waals surface area contributed by atoms with E-state index in [9.17, 15) is 9.18 Å². The van der Waals surface area contributed by atoms with E-state index in [0.717, 1.165) is 4.68 Å². The number of nitrogens with zero attached hydrogens (tertiary/aromatic N) is 2. The Morgan fingerprint density at radius 3 is 2.78 bits per heavy atom. The average Bonchev–Trinajstić information content (AvgIpc) is 2.58. The Hall–Kier alpha value is -2.08. The Balaban J connectivity index is 2.69. The Morgan fingerprint density at radius 1 is 1.56 bits per heavy atom. The maximum atomic E-state index is 13.8. The third-order valence-electron chi connectivity index (χ3n) is 2.52. The number of rotatable bonds is 2. The average molecular weight is 270 g/mol. The van der Waals surface area contributed by atoms with Crippen LogP contribution in [0.2, 0.25) is 5.02 Å². The van der Waals surface area contributed by atoms with Gasteiger partial charge in [0.2, 0.25) is 0 Å². The van der Waals surface area contributed by atoms with Crippen LogP contribution in [0.3, 0.4) is 0 Å². The molecule has 0 saturated heterocycles. The first-order valence-corrected chi connectivity index (χ1v) is 5.34. The van der Waals surface area contributed by atoms with Crippen molar-refractivity contribution in [1.82, 2.24) is 9.78 Å². The molecule has 0 aliphatic carbocycles. The molecule has 0 unspecified atom stereocenters. The summed E-state index contributed by atoms with van der Waals surface area (Å²) < 4.78 is 15.0. The molecule has 0 aliphatic rings. The van der Waals surface area contributed by atoms with E-state index in [0.29, 0.717) is 0 Å². The first kappa shape index (κ1) is 12.4. The molecule has 3 N–H and O–H groups in total. The molecule has 0 amide bonds. The molecule has 1 aromatic carbocycles. The summed E-state index contributed by atoms with van der Waals surface area (Å²) >= 11 is 5.66. The number of nitrogens with two attached hydrogens (primary N) is 1. The van der Waals surface area contributed by atoms with Crippen LogP contribution in [0.5, 0.6) is 0 Å². The van der Waals surface area contributed by atoms with E-state index < -0.39 is 11.8 Å². The lowest BCUT2D eigenvalue weighted by molar-refractivity contribution is 0.0697. The van der Waals surface area contributed by atoms with Crippen LogP contribution in [0.1, 0.15) is 16.1 Å². The van der Waals surface area contributed by atoms with Crippen LogP contribution in [0.25, 0.3) is 5.69 Å². The predicted octanol–water partition coefficient (Wildman–Crippen LogP) is 2.25. The molecule has 0 radical (unpaired) electrons.